The quantitative estimate of drug-likeness (QED) is 0.661. The van der Waals surface area contributed by atoms with Crippen LogP contribution in [0.15, 0.2) is 0 Å². The summed E-state index contributed by atoms with van der Waals surface area (Å²) in [4.78, 5) is 26.4. The highest BCUT2D eigenvalue weighted by molar-refractivity contribution is 5.81. The van der Waals surface area contributed by atoms with E-state index in [-0.39, 0.29) is 18.9 Å². The molecule has 1 aliphatic rings. The summed E-state index contributed by atoms with van der Waals surface area (Å²) in [6.45, 7) is 5.71. The van der Waals surface area contributed by atoms with Crippen LogP contribution in [0.4, 0.5) is 4.39 Å². The van der Waals surface area contributed by atoms with E-state index in [0.29, 0.717) is 32.6 Å². The number of halogens is 1. The van der Waals surface area contributed by atoms with Crippen LogP contribution in [0.1, 0.15) is 20.3 Å². The normalized spacial score (nSPS) is 18.9. The number of aldehydes is 1. The number of carbonyl (C=O) groups is 2. The van der Waals surface area contributed by atoms with Crippen LogP contribution in [0.5, 0.6) is 0 Å². The first kappa shape index (κ1) is 16.0. The van der Waals surface area contributed by atoms with E-state index in [0.717, 1.165) is 0 Å². The number of nitrogens with zero attached hydrogens (tertiary/aromatic N) is 2. The SMILES string of the molecule is CN(C(=O)CN1CCOCC1)C(C=O)CC(C)(C)F. The Morgan fingerprint density at radius 1 is 1.47 bits per heavy atom. The molecule has 1 amide bonds. The number of morpholine rings is 1. The lowest BCUT2D eigenvalue weighted by Gasteiger charge is -2.31. The molecule has 0 N–H and O–H groups in total. The molecule has 1 rings (SSSR count). The molecular formula is C13H23FN2O3. The van der Waals surface area contributed by atoms with Gasteiger partial charge in [0.25, 0.3) is 0 Å². The standard InChI is InChI=1S/C13H23FN2O3/c1-13(2,14)8-11(10-17)15(3)12(18)9-16-4-6-19-7-5-16/h10-11H,4-9H2,1-3H3. The fourth-order valence-corrected chi connectivity index (χ4v) is 2.02. The Kier molecular flexibility index (Phi) is 5.87. The molecule has 1 aliphatic heterocycles. The average Bonchev–Trinajstić information content (AvgIpc) is 2.35. The third-order valence-corrected chi connectivity index (χ3v) is 3.21. The molecule has 1 heterocycles. The van der Waals surface area contributed by atoms with Crippen molar-refractivity contribution < 1.29 is 18.7 Å². The third-order valence-electron chi connectivity index (χ3n) is 3.21. The Bertz CT molecular complexity index is 312. The molecule has 5 nitrogen and oxygen atoms in total. The van der Waals surface area contributed by atoms with Gasteiger partial charge < -0.3 is 14.4 Å². The topological polar surface area (TPSA) is 49.9 Å². The minimum atomic E-state index is -1.47. The zero-order valence-electron chi connectivity index (χ0n) is 11.9. The molecular weight excluding hydrogens is 251 g/mol. The van der Waals surface area contributed by atoms with Crippen molar-refractivity contribution >= 4 is 12.2 Å². The van der Waals surface area contributed by atoms with Gasteiger partial charge in [-0.1, -0.05) is 0 Å². The summed E-state index contributed by atoms with van der Waals surface area (Å²) in [5, 5.41) is 0. The highest BCUT2D eigenvalue weighted by atomic mass is 19.1. The van der Waals surface area contributed by atoms with E-state index in [2.05, 4.69) is 0 Å². The Hall–Kier alpha value is -1.01. The van der Waals surface area contributed by atoms with Gasteiger partial charge in [0.15, 0.2) is 0 Å². The molecule has 6 heteroatoms. The smallest absolute Gasteiger partial charge is 0.237 e. The Morgan fingerprint density at radius 3 is 2.53 bits per heavy atom. The number of ether oxygens (including phenoxy) is 1. The third kappa shape index (κ3) is 5.65. The fourth-order valence-electron chi connectivity index (χ4n) is 2.02. The summed E-state index contributed by atoms with van der Waals surface area (Å²) in [6.07, 6.45) is 0.653. The maximum absolute atomic E-state index is 13.6. The van der Waals surface area contributed by atoms with Crippen molar-refractivity contribution in [2.45, 2.75) is 32.0 Å². The lowest BCUT2D eigenvalue weighted by atomic mass is 10.0. The minimum Gasteiger partial charge on any atom is -0.379 e. The van der Waals surface area contributed by atoms with E-state index in [1.165, 1.54) is 18.7 Å². The van der Waals surface area contributed by atoms with Gasteiger partial charge in [-0.3, -0.25) is 9.69 Å². The zero-order valence-corrected chi connectivity index (χ0v) is 11.9. The number of likely N-dealkylation sites (N-methyl/N-ethyl adjacent to an activating group) is 1. The predicted octanol–water partition coefficient (Wildman–Crippen LogP) is 0.483. The van der Waals surface area contributed by atoms with E-state index in [4.69, 9.17) is 4.74 Å². The van der Waals surface area contributed by atoms with Crippen LogP contribution in [0, 0.1) is 0 Å². The molecule has 110 valence electrons. The van der Waals surface area contributed by atoms with Gasteiger partial charge in [-0.15, -0.1) is 0 Å². The molecule has 1 saturated heterocycles. The van der Waals surface area contributed by atoms with Crippen LogP contribution in [-0.2, 0) is 14.3 Å². The average molecular weight is 274 g/mol. The predicted molar refractivity (Wildman–Crippen MR) is 69.7 cm³/mol. The fraction of sp³-hybridized carbons (Fsp3) is 0.846. The first-order valence-corrected chi connectivity index (χ1v) is 6.53. The number of hydrogen-bond acceptors (Lipinski definition) is 4. The minimum absolute atomic E-state index is 0.0157. The summed E-state index contributed by atoms with van der Waals surface area (Å²) in [5.41, 5.74) is -1.47. The largest absolute Gasteiger partial charge is 0.379 e. The van der Waals surface area contributed by atoms with Gasteiger partial charge in [0, 0.05) is 26.6 Å². The maximum atomic E-state index is 13.6. The first-order valence-electron chi connectivity index (χ1n) is 6.53. The molecule has 19 heavy (non-hydrogen) atoms. The van der Waals surface area contributed by atoms with Crippen molar-refractivity contribution in [1.82, 2.24) is 9.80 Å². The zero-order chi connectivity index (χ0) is 14.5. The number of amides is 1. The summed E-state index contributed by atoms with van der Waals surface area (Å²) >= 11 is 0. The monoisotopic (exact) mass is 274 g/mol. The number of hydrogen-bond donors (Lipinski definition) is 0. The van der Waals surface area contributed by atoms with Gasteiger partial charge in [0.2, 0.25) is 5.91 Å². The van der Waals surface area contributed by atoms with E-state index >= 15 is 0 Å². The number of carbonyl (C=O) groups excluding carboxylic acids is 2. The Morgan fingerprint density at radius 2 is 2.05 bits per heavy atom. The molecule has 0 aliphatic carbocycles. The Labute approximate surface area is 113 Å². The highest BCUT2D eigenvalue weighted by Crippen LogP contribution is 2.18. The number of rotatable bonds is 6. The lowest BCUT2D eigenvalue weighted by Crippen LogP contribution is -2.48. The van der Waals surface area contributed by atoms with Crippen LogP contribution >= 0.6 is 0 Å². The van der Waals surface area contributed by atoms with Gasteiger partial charge in [-0.25, -0.2) is 4.39 Å². The van der Waals surface area contributed by atoms with Gasteiger partial charge in [-0.05, 0) is 13.8 Å². The van der Waals surface area contributed by atoms with Crippen molar-refractivity contribution in [2.75, 3.05) is 39.9 Å². The molecule has 0 aromatic heterocycles. The van der Waals surface area contributed by atoms with Crippen LogP contribution in [0.3, 0.4) is 0 Å². The molecule has 0 saturated carbocycles. The van der Waals surface area contributed by atoms with Crippen molar-refractivity contribution in [3.63, 3.8) is 0 Å². The van der Waals surface area contributed by atoms with Crippen molar-refractivity contribution in [1.29, 1.82) is 0 Å². The Balaban J connectivity index is 2.51. The van der Waals surface area contributed by atoms with Gasteiger partial charge in [0.05, 0.1) is 25.8 Å². The second-order valence-electron chi connectivity index (χ2n) is 5.52. The first-order chi connectivity index (χ1) is 8.83. The number of alkyl halides is 1. The molecule has 0 radical (unpaired) electrons. The van der Waals surface area contributed by atoms with E-state index in [1.54, 1.807) is 7.05 Å². The highest BCUT2D eigenvalue weighted by Gasteiger charge is 2.28. The summed E-state index contributed by atoms with van der Waals surface area (Å²) < 4.78 is 18.8. The van der Waals surface area contributed by atoms with E-state index in [1.807, 2.05) is 4.90 Å². The van der Waals surface area contributed by atoms with Gasteiger partial charge >= 0.3 is 0 Å². The van der Waals surface area contributed by atoms with Gasteiger partial charge in [-0.2, -0.15) is 0 Å². The van der Waals surface area contributed by atoms with Crippen molar-refractivity contribution in [3.8, 4) is 0 Å². The molecule has 1 fully saturated rings. The molecule has 1 unspecified atom stereocenters. The van der Waals surface area contributed by atoms with Crippen LogP contribution in [-0.4, -0.2) is 73.6 Å². The second kappa shape index (κ2) is 6.96. The van der Waals surface area contributed by atoms with Crippen LogP contribution in [0.2, 0.25) is 0 Å². The molecule has 0 aromatic carbocycles. The van der Waals surface area contributed by atoms with E-state index < -0.39 is 11.7 Å². The molecule has 1 atom stereocenters. The second-order valence-corrected chi connectivity index (χ2v) is 5.52. The molecule has 0 aromatic rings. The summed E-state index contributed by atoms with van der Waals surface area (Å²) in [7, 11) is 1.55. The summed E-state index contributed by atoms with van der Waals surface area (Å²) in [6, 6.07) is -0.714. The summed E-state index contributed by atoms with van der Waals surface area (Å²) in [5.74, 6) is -0.164. The lowest BCUT2D eigenvalue weighted by molar-refractivity contribution is -0.137. The van der Waals surface area contributed by atoms with E-state index in [9.17, 15) is 14.0 Å². The van der Waals surface area contributed by atoms with Crippen LogP contribution < -0.4 is 0 Å². The molecule has 0 spiro atoms. The van der Waals surface area contributed by atoms with Gasteiger partial charge in [0.1, 0.15) is 12.0 Å². The van der Waals surface area contributed by atoms with Crippen LogP contribution in [0.25, 0.3) is 0 Å². The van der Waals surface area contributed by atoms with Crippen molar-refractivity contribution in [3.05, 3.63) is 0 Å². The molecule has 0 bridgehead atoms. The maximum Gasteiger partial charge on any atom is 0.237 e. The van der Waals surface area contributed by atoms with Crippen molar-refractivity contribution in [2.24, 2.45) is 0 Å².